The van der Waals surface area contributed by atoms with Gasteiger partial charge >= 0.3 is 6.16 Å². The molecule has 0 aromatic heterocycles. The van der Waals surface area contributed by atoms with E-state index in [9.17, 15) is 4.79 Å². The molecule has 0 bridgehead atoms. The van der Waals surface area contributed by atoms with E-state index >= 15 is 0 Å². The number of rotatable bonds is 4. The molecule has 0 spiro atoms. The van der Waals surface area contributed by atoms with Gasteiger partial charge in [-0.2, -0.15) is 0 Å². The predicted molar refractivity (Wildman–Crippen MR) is 76.4 cm³/mol. The van der Waals surface area contributed by atoms with E-state index in [0.29, 0.717) is 5.75 Å². The zero-order chi connectivity index (χ0) is 13.6. The van der Waals surface area contributed by atoms with E-state index in [2.05, 4.69) is 0 Å². The average Bonchev–Trinajstić information content (AvgIpc) is 2.25. The normalized spacial score (nSPS) is 11.3. The van der Waals surface area contributed by atoms with E-state index in [1.54, 1.807) is 0 Å². The van der Waals surface area contributed by atoms with Crippen molar-refractivity contribution in [1.29, 1.82) is 0 Å². The third-order valence-electron chi connectivity index (χ3n) is 2.33. The molecule has 0 aliphatic carbocycles. The van der Waals surface area contributed by atoms with Crippen molar-refractivity contribution in [1.82, 2.24) is 0 Å². The summed E-state index contributed by atoms with van der Waals surface area (Å²) >= 11 is 0. The van der Waals surface area contributed by atoms with E-state index < -0.39 is 11.8 Å². The van der Waals surface area contributed by atoms with Gasteiger partial charge in [-0.1, -0.05) is 24.6 Å². The molecule has 0 radical (unpaired) electrons. The van der Waals surface area contributed by atoms with Gasteiger partial charge < -0.3 is 9.47 Å². The lowest BCUT2D eigenvalue weighted by Crippen LogP contribution is -2.25. The maximum atomic E-state index is 11.4. The summed E-state index contributed by atoms with van der Waals surface area (Å²) in [5, 5.41) is 0. The van der Waals surface area contributed by atoms with Crippen molar-refractivity contribution in [2.24, 2.45) is 0 Å². The molecule has 0 heterocycles. The summed E-state index contributed by atoms with van der Waals surface area (Å²) in [7, 11) is 1.26. The van der Waals surface area contributed by atoms with E-state index in [1.807, 2.05) is 45.0 Å². The highest BCUT2D eigenvalue weighted by atomic mass is 28.1. The SMILES string of the molecule is CC(C)(C)OC(=O)Oc1ccc(CCC[SiH3])cc1. The van der Waals surface area contributed by atoms with Crippen LogP contribution in [0.3, 0.4) is 0 Å². The van der Waals surface area contributed by atoms with Crippen LogP contribution in [0, 0.1) is 0 Å². The minimum Gasteiger partial charge on any atom is -0.428 e. The molecule has 100 valence electrons. The molecule has 1 aromatic rings. The summed E-state index contributed by atoms with van der Waals surface area (Å²) in [5.41, 5.74) is 0.754. The standard InChI is InChI=1S/C14H22O3Si/c1-14(2,3)17-13(15)16-12-8-6-11(7-9-12)5-4-10-18/h6-9H,4-5,10H2,1-3,18H3. The first-order valence-electron chi connectivity index (χ1n) is 6.40. The van der Waals surface area contributed by atoms with Gasteiger partial charge in [-0.25, -0.2) is 4.79 Å². The van der Waals surface area contributed by atoms with Gasteiger partial charge in [-0.15, -0.1) is 0 Å². The van der Waals surface area contributed by atoms with E-state index in [1.165, 1.54) is 28.3 Å². The Bertz CT molecular complexity index is 379. The van der Waals surface area contributed by atoms with Gasteiger partial charge in [0, 0.05) is 10.2 Å². The average molecular weight is 266 g/mol. The molecule has 18 heavy (non-hydrogen) atoms. The van der Waals surface area contributed by atoms with Crippen LogP contribution >= 0.6 is 0 Å². The second-order valence-corrected chi connectivity index (χ2v) is 6.31. The maximum absolute atomic E-state index is 11.4. The Labute approximate surface area is 112 Å². The van der Waals surface area contributed by atoms with Gasteiger partial charge in [0.25, 0.3) is 0 Å². The quantitative estimate of drug-likeness (QED) is 0.477. The molecular weight excluding hydrogens is 244 g/mol. The molecule has 4 heteroatoms. The van der Waals surface area contributed by atoms with E-state index in [4.69, 9.17) is 9.47 Å². The van der Waals surface area contributed by atoms with Crippen molar-refractivity contribution >= 4 is 16.4 Å². The van der Waals surface area contributed by atoms with E-state index in [0.717, 1.165) is 6.42 Å². The zero-order valence-corrected chi connectivity index (χ0v) is 13.7. The Morgan fingerprint density at radius 2 is 1.83 bits per heavy atom. The highest BCUT2D eigenvalue weighted by Gasteiger charge is 2.17. The van der Waals surface area contributed by atoms with Crippen LogP contribution in [-0.2, 0) is 11.2 Å². The Hall–Kier alpha value is -1.29. The van der Waals surface area contributed by atoms with Crippen LogP contribution in [-0.4, -0.2) is 22.0 Å². The predicted octanol–water partition coefficient (Wildman–Crippen LogP) is 2.72. The monoisotopic (exact) mass is 266 g/mol. The lowest BCUT2D eigenvalue weighted by Gasteiger charge is -2.18. The summed E-state index contributed by atoms with van der Waals surface area (Å²) in [6, 6.07) is 8.93. The first-order valence-corrected chi connectivity index (χ1v) is 7.82. The Morgan fingerprint density at radius 3 is 2.33 bits per heavy atom. The fourth-order valence-electron chi connectivity index (χ4n) is 1.47. The van der Waals surface area contributed by atoms with Gasteiger partial charge in [0.05, 0.1) is 0 Å². The zero-order valence-electron chi connectivity index (χ0n) is 11.7. The van der Waals surface area contributed by atoms with Crippen LogP contribution in [0.2, 0.25) is 6.04 Å². The van der Waals surface area contributed by atoms with Crippen molar-refractivity contribution < 1.29 is 14.3 Å². The molecule has 0 fully saturated rings. The third-order valence-corrected chi connectivity index (χ3v) is 3.04. The number of carbonyl (C=O) groups excluding carboxylic acids is 1. The van der Waals surface area contributed by atoms with Crippen LogP contribution in [0.1, 0.15) is 32.8 Å². The number of ether oxygens (including phenoxy) is 2. The van der Waals surface area contributed by atoms with Crippen molar-refractivity contribution in [3.63, 3.8) is 0 Å². The molecule has 0 amide bonds. The minimum atomic E-state index is -0.658. The fraction of sp³-hybridized carbons (Fsp3) is 0.500. The number of hydrogen-bond donors (Lipinski definition) is 0. The van der Waals surface area contributed by atoms with Crippen molar-refractivity contribution in [3.05, 3.63) is 29.8 Å². The Morgan fingerprint density at radius 1 is 1.22 bits per heavy atom. The fourth-order valence-corrected chi connectivity index (χ4v) is 1.83. The molecule has 0 atom stereocenters. The van der Waals surface area contributed by atoms with Crippen LogP contribution < -0.4 is 4.74 Å². The summed E-state index contributed by atoms with van der Waals surface area (Å²) in [6.45, 7) is 5.43. The summed E-state index contributed by atoms with van der Waals surface area (Å²) < 4.78 is 10.2. The highest BCUT2D eigenvalue weighted by Crippen LogP contribution is 2.16. The largest absolute Gasteiger partial charge is 0.514 e. The molecule has 1 aromatic carbocycles. The van der Waals surface area contributed by atoms with Gasteiger partial charge in [-0.3, -0.25) is 0 Å². The number of carbonyl (C=O) groups is 1. The van der Waals surface area contributed by atoms with Crippen molar-refractivity contribution in [2.75, 3.05) is 0 Å². The first-order chi connectivity index (χ1) is 8.40. The number of aryl methyl sites for hydroxylation is 1. The minimum absolute atomic E-state index is 0.526. The highest BCUT2D eigenvalue weighted by molar-refractivity contribution is 6.08. The molecule has 0 unspecified atom stereocenters. The van der Waals surface area contributed by atoms with Crippen LogP contribution in [0.5, 0.6) is 5.75 Å². The summed E-state index contributed by atoms with van der Waals surface area (Å²) in [4.78, 5) is 11.4. The molecule has 3 nitrogen and oxygen atoms in total. The Kier molecular flexibility index (Phi) is 5.41. The van der Waals surface area contributed by atoms with E-state index in [-0.39, 0.29) is 0 Å². The van der Waals surface area contributed by atoms with Crippen molar-refractivity contribution in [3.8, 4) is 5.75 Å². The third kappa shape index (κ3) is 5.86. The number of benzene rings is 1. The van der Waals surface area contributed by atoms with Gasteiger partial charge in [-0.05, 0) is 44.9 Å². The van der Waals surface area contributed by atoms with Crippen molar-refractivity contribution in [2.45, 2.75) is 45.3 Å². The number of hydrogen-bond acceptors (Lipinski definition) is 3. The topological polar surface area (TPSA) is 35.5 Å². The van der Waals surface area contributed by atoms with Crippen LogP contribution in [0.4, 0.5) is 4.79 Å². The molecule has 0 aliphatic rings. The lowest BCUT2D eigenvalue weighted by atomic mass is 10.1. The first kappa shape index (κ1) is 14.8. The van der Waals surface area contributed by atoms with Crippen LogP contribution in [0.25, 0.3) is 0 Å². The molecule has 0 saturated heterocycles. The molecule has 0 N–H and O–H groups in total. The van der Waals surface area contributed by atoms with Gasteiger partial charge in [0.2, 0.25) is 0 Å². The lowest BCUT2D eigenvalue weighted by molar-refractivity contribution is 0.0206. The molecule has 0 saturated carbocycles. The Balaban J connectivity index is 2.50. The second-order valence-electron chi connectivity index (χ2n) is 5.31. The van der Waals surface area contributed by atoms with Gasteiger partial charge in [0.15, 0.2) is 0 Å². The van der Waals surface area contributed by atoms with Gasteiger partial charge in [0.1, 0.15) is 11.4 Å². The molecular formula is C14H22O3Si. The molecule has 1 rings (SSSR count). The smallest absolute Gasteiger partial charge is 0.428 e. The second kappa shape index (κ2) is 6.59. The van der Waals surface area contributed by atoms with Crippen LogP contribution in [0.15, 0.2) is 24.3 Å². The molecule has 0 aliphatic heterocycles. The summed E-state index contributed by atoms with van der Waals surface area (Å²) in [5.74, 6) is 0.527. The maximum Gasteiger partial charge on any atom is 0.514 e. The summed E-state index contributed by atoms with van der Waals surface area (Å²) in [6.07, 6.45) is 1.67.